The van der Waals surface area contributed by atoms with Crippen molar-refractivity contribution >= 4 is 11.8 Å². The number of hydrogen-bond acceptors (Lipinski definition) is 4. The van der Waals surface area contributed by atoms with E-state index in [1.807, 2.05) is 34.9 Å². The second-order valence-corrected chi connectivity index (χ2v) is 8.18. The summed E-state index contributed by atoms with van der Waals surface area (Å²) in [5.74, 6) is 1.05. The van der Waals surface area contributed by atoms with E-state index in [-0.39, 0.29) is 17.2 Å². The largest absolute Gasteiger partial charge is 0.436 e. The van der Waals surface area contributed by atoms with Gasteiger partial charge in [-0.25, -0.2) is 4.98 Å². The lowest BCUT2D eigenvalue weighted by atomic mass is 9.72. The summed E-state index contributed by atoms with van der Waals surface area (Å²) in [6.45, 7) is 6.42. The molecule has 4 rings (SSSR count). The molecule has 0 saturated carbocycles. The van der Waals surface area contributed by atoms with E-state index in [1.165, 1.54) is 0 Å². The standard InChI is InChI=1S/C22H27N3O3/c1-16-20(28-17(2)23-16)21(27)24-12-10-22(11-13-24)9-8-19(26)25(15-22)14-18-6-4-3-5-7-18/h3-7H,8-15H2,1-2H3. The predicted octanol–water partition coefficient (Wildman–Crippen LogP) is 3.34. The lowest BCUT2D eigenvalue weighted by Crippen LogP contribution is -2.52. The Morgan fingerprint density at radius 3 is 2.50 bits per heavy atom. The van der Waals surface area contributed by atoms with Gasteiger partial charge in [-0.05, 0) is 37.2 Å². The van der Waals surface area contributed by atoms with Crippen molar-refractivity contribution < 1.29 is 14.0 Å². The second kappa shape index (κ2) is 7.41. The summed E-state index contributed by atoms with van der Waals surface area (Å²) in [4.78, 5) is 33.3. The second-order valence-electron chi connectivity index (χ2n) is 8.18. The van der Waals surface area contributed by atoms with E-state index >= 15 is 0 Å². The van der Waals surface area contributed by atoms with Crippen molar-refractivity contribution in [2.75, 3.05) is 19.6 Å². The van der Waals surface area contributed by atoms with Crippen molar-refractivity contribution in [3.8, 4) is 0 Å². The van der Waals surface area contributed by atoms with Crippen LogP contribution in [0.2, 0.25) is 0 Å². The van der Waals surface area contributed by atoms with Crippen LogP contribution in [-0.4, -0.2) is 46.2 Å². The molecule has 0 bridgehead atoms. The van der Waals surface area contributed by atoms with Crippen molar-refractivity contribution in [2.45, 2.75) is 46.1 Å². The average molecular weight is 381 g/mol. The molecular formula is C22H27N3O3. The average Bonchev–Trinajstić information content (AvgIpc) is 3.04. The molecule has 148 valence electrons. The van der Waals surface area contributed by atoms with Crippen LogP contribution in [0.15, 0.2) is 34.7 Å². The van der Waals surface area contributed by atoms with Gasteiger partial charge in [0.25, 0.3) is 5.91 Å². The normalized spacial score (nSPS) is 19.3. The van der Waals surface area contributed by atoms with Crippen LogP contribution in [0, 0.1) is 19.3 Å². The van der Waals surface area contributed by atoms with Crippen LogP contribution in [0.5, 0.6) is 0 Å². The topological polar surface area (TPSA) is 66.7 Å². The van der Waals surface area contributed by atoms with Gasteiger partial charge >= 0.3 is 0 Å². The molecule has 2 aliphatic rings. The third-order valence-corrected chi connectivity index (χ3v) is 6.17. The lowest BCUT2D eigenvalue weighted by molar-refractivity contribution is -0.139. The summed E-state index contributed by atoms with van der Waals surface area (Å²) in [5, 5.41) is 0. The van der Waals surface area contributed by atoms with Crippen molar-refractivity contribution in [2.24, 2.45) is 5.41 Å². The number of aryl methyl sites for hydroxylation is 2. The number of piperidine rings is 2. The molecule has 2 amide bonds. The zero-order chi connectivity index (χ0) is 19.7. The molecule has 2 fully saturated rings. The minimum Gasteiger partial charge on any atom is -0.436 e. The first-order valence-corrected chi connectivity index (χ1v) is 10.0. The molecule has 0 atom stereocenters. The maximum atomic E-state index is 12.8. The van der Waals surface area contributed by atoms with E-state index in [0.29, 0.717) is 43.4 Å². The van der Waals surface area contributed by atoms with E-state index in [0.717, 1.165) is 31.4 Å². The molecule has 0 aliphatic carbocycles. The molecule has 0 N–H and O–H groups in total. The van der Waals surface area contributed by atoms with Gasteiger partial charge in [-0.1, -0.05) is 30.3 Å². The zero-order valence-corrected chi connectivity index (χ0v) is 16.6. The fourth-order valence-electron chi connectivity index (χ4n) is 4.52. The van der Waals surface area contributed by atoms with Crippen molar-refractivity contribution in [3.05, 3.63) is 53.2 Å². The highest BCUT2D eigenvalue weighted by atomic mass is 16.4. The van der Waals surface area contributed by atoms with E-state index in [4.69, 9.17) is 4.42 Å². The SMILES string of the molecule is Cc1nc(C)c(C(=O)N2CCC3(CCC(=O)N(Cc4ccccc4)C3)CC2)o1. The fourth-order valence-corrected chi connectivity index (χ4v) is 4.52. The highest BCUT2D eigenvalue weighted by Gasteiger charge is 2.42. The van der Waals surface area contributed by atoms with Gasteiger partial charge in [0, 0.05) is 39.5 Å². The monoisotopic (exact) mass is 381 g/mol. The number of carbonyl (C=O) groups excluding carboxylic acids is 2. The Labute approximate surface area is 165 Å². The third kappa shape index (κ3) is 3.68. The number of carbonyl (C=O) groups is 2. The number of oxazole rings is 1. The van der Waals surface area contributed by atoms with Crippen molar-refractivity contribution in [1.29, 1.82) is 0 Å². The quantitative estimate of drug-likeness (QED) is 0.818. The van der Waals surface area contributed by atoms with Crippen LogP contribution in [-0.2, 0) is 11.3 Å². The van der Waals surface area contributed by atoms with Crippen LogP contribution in [0.4, 0.5) is 0 Å². The van der Waals surface area contributed by atoms with E-state index in [9.17, 15) is 9.59 Å². The number of hydrogen-bond donors (Lipinski definition) is 0. The number of benzene rings is 1. The van der Waals surface area contributed by atoms with E-state index in [2.05, 4.69) is 17.1 Å². The highest BCUT2D eigenvalue weighted by molar-refractivity contribution is 5.92. The summed E-state index contributed by atoms with van der Waals surface area (Å²) in [7, 11) is 0. The summed E-state index contributed by atoms with van der Waals surface area (Å²) in [6.07, 6.45) is 3.35. The molecule has 28 heavy (non-hydrogen) atoms. The zero-order valence-electron chi connectivity index (χ0n) is 16.6. The molecule has 2 aliphatic heterocycles. The molecule has 3 heterocycles. The summed E-state index contributed by atoms with van der Waals surface area (Å²) in [5.41, 5.74) is 1.93. The minimum absolute atomic E-state index is 0.0685. The third-order valence-electron chi connectivity index (χ3n) is 6.17. The Balaban J connectivity index is 1.41. The van der Waals surface area contributed by atoms with Crippen molar-refractivity contribution in [3.63, 3.8) is 0 Å². The van der Waals surface area contributed by atoms with Crippen LogP contribution < -0.4 is 0 Å². The van der Waals surface area contributed by atoms with Gasteiger partial charge in [-0.3, -0.25) is 9.59 Å². The molecule has 1 aromatic heterocycles. The minimum atomic E-state index is -0.0685. The van der Waals surface area contributed by atoms with Gasteiger partial charge in [0.2, 0.25) is 11.7 Å². The van der Waals surface area contributed by atoms with E-state index in [1.54, 1.807) is 6.92 Å². The molecule has 2 aromatic rings. The molecule has 0 unspecified atom stereocenters. The molecule has 6 heteroatoms. The fraction of sp³-hybridized carbons (Fsp3) is 0.500. The Morgan fingerprint density at radius 2 is 1.86 bits per heavy atom. The van der Waals surface area contributed by atoms with Gasteiger partial charge in [0.15, 0.2) is 5.89 Å². The van der Waals surface area contributed by atoms with Crippen LogP contribution in [0.25, 0.3) is 0 Å². The maximum Gasteiger partial charge on any atom is 0.291 e. The Kier molecular flexibility index (Phi) is 4.96. The number of rotatable bonds is 3. The molecule has 2 saturated heterocycles. The maximum absolute atomic E-state index is 12.8. The smallest absolute Gasteiger partial charge is 0.291 e. The van der Waals surface area contributed by atoms with Gasteiger partial charge in [-0.15, -0.1) is 0 Å². The van der Waals surface area contributed by atoms with Gasteiger partial charge in [0.1, 0.15) is 0 Å². The first-order chi connectivity index (χ1) is 13.5. The van der Waals surface area contributed by atoms with Crippen LogP contribution >= 0.6 is 0 Å². The van der Waals surface area contributed by atoms with Crippen LogP contribution in [0.3, 0.4) is 0 Å². The Bertz CT molecular complexity index is 866. The first kappa shape index (κ1) is 18.7. The molecule has 0 radical (unpaired) electrons. The Hall–Kier alpha value is -2.63. The lowest BCUT2D eigenvalue weighted by Gasteiger charge is -2.47. The molecule has 1 aromatic carbocycles. The van der Waals surface area contributed by atoms with Gasteiger partial charge < -0.3 is 14.2 Å². The summed E-state index contributed by atoms with van der Waals surface area (Å²) in [6, 6.07) is 10.1. The van der Waals surface area contributed by atoms with Crippen LogP contribution in [0.1, 0.15) is 53.4 Å². The van der Waals surface area contributed by atoms with Gasteiger partial charge in [0.05, 0.1) is 5.69 Å². The highest BCUT2D eigenvalue weighted by Crippen LogP contribution is 2.41. The Morgan fingerprint density at radius 1 is 1.14 bits per heavy atom. The molecular weight excluding hydrogens is 354 g/mol. The number of aromatic nitrogens is 1. The molecule has 1 spiro atoms. The van der Waals surface area contributed by atoms with E-state index < -0.39 is 0 Å². The van der Waals surface area contributed by atoms with Gasteiger partial charge in [-0.2, -0.15) is 0 Å². The van der Waals surface area contributed by atoms with Crippen molar-refractivity contribution in [1.82, 2.24) is 14.8 Å². The first-order valence-electron chi connectivity index (χ1n) is 10.0. The molecule has 6 nitrogen and oxygen atoms in total. The number of amides is 2. The number of likely N-dealkylation sites (tertiary alicyclic amines) is 2. The summed E-state index contributed by atoms with van der Waals surface area (Å²) >= 11 is 0. The number of nitrogens with zero attached hydrogens (tertiary/aromatic N) is 3. The summed E-state index contributed by atoms with van der Waals surface area (Å²) < 4.78 is 5.51. The predicted molar refractivity (Wildman–Crippen MR) is 105 cm³/mol.